The number of aliphatic carboxylic acids is 1. The van der Waals surface area contributed by atoms with E-state index in [2.05, 4.69) is 15.9 Å². The summed E-state index contributed by atoms with van der Waals surface area (Å²) in [5.74, 6) is -0.895. The van der Waals surface area contributed by atoms with Gasteiger partial charge in [0, 0.05) is 54.5 Å². The smallest absolute Gasteiger partial charge is 0.303 e. The van der Waals surface area contributed by atoms with Gasteiger partial charge in [-0.2, -0.15) is 0 Å². The van der Waals surface area contributed by atoms with Crippen LogP contribution in [0, 0.1) is 5.82 Å². The molecule has 0 amide bonds. The van der Waals surface area contributed by atoms with Crippen molar-refractivity contribution in [1.82, 2.24) is 9.80 Å². The number of carboxylic acids is 1. The summed E-state index contributed by atoms with van der Waals surface area (Å²) in [6.07, 6.45) is 0.959. The van der Waals surface area contributed by atoms with E-state index in [9.17, 15) is 9.18 Å². The third-order valence-corrected chi connectivity index (χ3v) is 5.61. The molecular formula is C19H23FN2O2S. The summed E-state index contributed by atoms with van der Waals surface area (Å²) >= 11 is 1.65. The highest BCUT2D eigenvalue weighted by atomic mass is 32.1. The molecule has 134 valence electrons. The first kappa shape index (κ1) is 18.0. The van der Waals surface area contributed by atoms with Gasteiger partial charge in [0.2, 0.25) is 0 Å². The van der Waals surface area contributed by atoms with Gasteiger partial charge in [0.15, 0.2) is 0 Å². The predicted molar refractivity (Wildman–Crippen MR) is 98.3 cm³/mol. The number of halogens is 1. The van der Waals surface area contributed by atoms with E-state index in [1.54, 1.807) is 17.4 Å². The second-order valence-corrected chi connectivity index (χ2v) is 7.53. The average Bonchev–Trinajstić information content (AvgIpc) is 3.05. The molecule has 3 rings (SSSR count). The second-order valence-electron chi connectivity index (χ2n) is 6.36. The predicted octanol–water partition coefficient (Wildman–Crippen LogP) is 3.54. The molecule has 0 radical (unpaired) electrons. The van der Waals surface area contributed by atoms with Crippen LogP contribution in [0.1, 0.15) is 17.7 Å². The minimum absolute atomic E-state index is 0.175. The lowest BCUT2D eigenvalue weighted by Crippen LogP contribution is -2.46. The third-order valence-electron chi connectivity index (χ3n) is 4.51. The Balaban J connectivity index is 1.48. The van der Waals surface area contributed by atoms with Crippen LogP contribution in [0.25, 0.3) is 10.4 Å². The number of hydrogen-bond donors (Lipinski definition) is 1. The van der Waals surface area contributed by atoms with E-state index in [4.69, 9.17) is 5.11 Å². The molecule has 0 atom stereocenters. The quantitative estimate of drug-likeness (QED) is 0.818. The lowest BCUT2D eigenvalue weighted by atomic mass is 10.2. The minimum atomic E-state index is -0.720. The molecule has 1 aliphatic rings. The fraction of sp³-hybridized carbons (Fsp3) is 0.421. The Morgan fingerprint density at radius 1 is 1.08 bits per heavy atom. The van der Waals surface area contributed by atoms with Crippen LogP contribution in [-0.4, -0.2) is 53.6 Å². The van der Waals surface area contributed by atoms with Gasteiger partial charge in [0.1, 0.15) is 5.82 Å². The SMILES string of the molecule is O=C(O)CCCN1CCN(Cc2ccc(-c3ccccc3F)s2)CC1. The molecule has 2 aromatic rings. The van der Waals surface area contributed by atoms with Gasteiger partial charge in [0.25, 0.3) is 0 Å². The number of piperazine rings is 1. The van der Waals surface area contributed by atoms with Crippen LogP contribution < -0.4 is 0 Å². The summed E-state index contributed by atoms with van der Waals surface area (Å²) in [6.45, 7) is 5.68. The lowest BCUT2D eigenvalue weighted by Gasteiger charge is -2.34. The van der Waals surface area contributed by atoms with Crippen LogP contribution >= 0.6 is 11.3 Å². The maximum atomic E-state index is 13.9. The average molecular weight is 362 g/mol. The van der Waals surface area contributed by atoms with Crippen LogP contribution in [0.4, 0.5) is 4.39 Å². The van der Waals surface area contributed by atoms with Gasteiger partial charge < -0.3 is 10.0 Å². The number of thiophene rings is 1. The topological polar surface area (TPSA) is 43.8 Å². The van der Waals surface area contributed by atoms with E-state index in [-0.39, 0.29) is 12.2 Å². The van der Waals surface area contributed by atoms with Crippen LogP contribution in [0.15, 0.2) is 36.4 Å². The number of rotatable bonds is 7. The van der Waals surface area contributed by atoms with Crippen LogP contribution in [0.3, 0.4) is 0 Å². The Morgan fingerprint density at radius 2 is 1.80 bits per heavy atom. The molecule has 1 aromatic carbocycles. The molecule has 25 heavy (non-hydrogen) atoms. The van der Waals surface area contributed by atoms with Crippen molar-refractivity contribution in [3.05, 3.63) is 47.1 Å². The molecule has 1 N–H and O–H groups in total. The first-order valence-electron chi connectivity index (χ1n) is 8.62. The summed E-state index contributed by atoms with van der Waals surface area (Å²) in [5.41, 5.74) is 0.669. The van der Waals surface area contributed by atoms with E-state index < -0.39 is 5.97 Å². The van der Waals surface area contributed by atoms with Crippen molar-refractivity contribution in [3.63, 3.8) is 0 Å². The Hall–Kier alpha value is -1.76. The summed E-state index contributed by atoms with van der Waals surface area (Å²) in [6, 6.07) is 11.0. The molecule has 0 saturated carbocycles. The van der Waals surface area contributed by atoms with Gasteiger partial charge in [-0.3, -0.25) is 9.69 Å². The molecule has 4 nitrogen and oxygen atoms in total. The number of benzene rings is 1. The fourth-order valence-electron chi connectivity index (χ4n) is 3.11. The molecule has 0 unspecified atom stereocenters. The van der Waals surface area contributed by atoms with Crippen molar-refractivity contribution in [1.29, 1.82) is 0 Å². The molecule has 1 saturated heterocycles. The highest BCUT2D eigenvalue weighted by Gasteiger charge is 2.18. The van der Waals surface area contributed by atoms with Crippen molar-refractivity contribution in [2.75, 3.05) is 32.7 Å². The molecule has 0 spiro atoms. The summed E-state index contributed by atoms with van der Waals surface area (Å²) in [7, 11) is 0. The van der Waals surface area contributed by atoms with Gasteiger partial charge in [0.05, 0.1) is 0 Å². The second kappa shape index (κ2) is 8.56. The number of carbonyl (C=O) groups is 1. The third kappa shape index (κ3) is 5.11. The first-order chi connectivity index (χ1) is 12.1. The number of carboxylic acid groups (broad SMARTS) is 1. The molecule has 1 aliphatic heterocycles. The molecular weight excluding hydrogens is 339 g/mol. The Bertz CT molecular complexity index is 711. The molecule has 1 fully saturated rings. The zero-order valence-electron chi connectivity index (χ0n) is 14.2. The molecule has 0 aliphatic carbocycles. The zero-order valence-corrected chi connectivity index (χ0v) is 15.0. The van der Waals surface area contributed by atoms with E-state index in [0.29, 0.717) is 12.0 Å². The van der Waals surface area contributed by atoms with Crippen LogP contribution in [0.5, 0.6) is 0 Å². The molecule has 6 heteroatoms. The van der Waals surface area contributed by atoms with Gasteiger partial charge in [-0.05, 0) is 31.2 Å². The Kier molecular flexibility index (Phi) is 6.18. The monoisotopic (exact) mass is 362 g/mol. The summed E-state index contributed by atoms with van der Waals surface area (Å²) < 4.78 is 13.9. The highest BCUT2D eigenvalue weighted by molar-refractivity contribution is 7.15. The Labute approximate surface area is 151 Å². The Morgan fingerprint density at radius 3 is 2.52 bits per heavy atom. The molecule has 2 heterocycles. The minimum Gasteiger partial charge on any atom is -0.481 e. The van der Waals surface area contributed by atoms with Gasteiger partial charge in [-0.15, -0.1) is 11.3 Å². The maximum Gasteiger partial charge on any atom is 0.303 e. The first-order valence-corrected chi connectivity index (χ1v) is 9.43. The number of hydrogen-bond acceptors (Lipinski definition) is 4. The van der Waals surface area contributed by atoms with Crippen molar-refractivity contribution in [2.24, 2.45) is 0 Å². The van der Waals surface area contributed by atoms with Gasteiger partial charge >= 0.3 is 5.97 Å². The summed E-state index contributed by atoms with van der Waals surface area (Å²) in [4.78, 5) is 17.5. The van der Waals surface area contributed by atoms with Crippen molar-refractivity contribution in [3.8, 4) is 10.4 Å². The van der Waals surface area contributed by atoms with Crippen LogP contribution in [0.2, 0.25) is 0 Å². The van der Waals surface area contributed by atoms with Crippen LogP contribution in [-0.2, 0) is 11.3 Å². The van der Waals surface area contributed by atoms with E-state index >= 15 is 0 Å². The van der Waals surface area contributed by atoms with E-state index in [1.807, 2.05) is 18.2 Å². The largest absolute Gasteiger partial charge is 0.481 e. The van der Waals surface area contributed by atoms with Crippen molar-refractivity contribution < 1.29 is 14.3 Å². The fourth-order valence-corrected chi connectivity index (χ4v) is 4.19. The summed E-state index contributed by atoms with van der Waals surface area (Å²) in [5, 5.41) is 8.70. The van der Waals surface area contributed by atoms with Crippen molar-refractivity contribution >= 4 is 17.3 Å². The van der Waals surface area contributed by atoms with E-state index in [1.165, 1.54) is 10.9 Å². The standard InChI is InChI=1S/C19H23FN2O2S/c20-17-5-2-1-4-16(17)18-8-7-15(25-18)14-22-12-10-21(11-13-22)9-3-6-19(23)24/h1-2,4-5,7-8H,3,6,9-14H2,(H,23,24). The van der Waals surface area contributed by atoms with Gasteiger partial charge in [-0.25, -0.2) is 4.39 Å². The highest BCUT2D eigenvalue weighted by Crippen LogP contribution is 2.30. The number of nitrogens with zero attached hydrogens (tertiary/aromatic N) is 2. The lowest BCUT2D eigenvalue weighted by molar-refractivity contribution is -0.137. The van der Waals surface area contributed by atoms with Crippen molar-refractivity contribution in [2.45, 2.75) is 19.4 Å². The molecule has 1 aromatic heterocycles. The van der Waals surface area contributed by atoms with E-state index in [0.717, 1.165) is 44.1 Å². The van der Waals surface area contributed by atoms with Gasteiger partial charge in [-0.1, -0.05) is 18.2 Å². The maximum absolute atomic E-state index is 13.9. The molecule has 0 bridgehead atoms. The normalized spacial score (nSPS) is 16.2. The zero-order chi connectivity index (χ0) is 17.6.